The van der Waals surface area contributed by atoms with Gasteiger partial charge in [-0.2, -0.15) is 13.2 Å². The molecule has 0 aromatic heterocycles. The number of alkyl halides is 3. The predicted molar refractivity (Wildman–Crippen MR) is 71.1 cm³/mol. The smallest absolute Gasteiger partial charge is 0.385 e. The van der Waals surface area contributed by atoms with Gasteiger partial charge in [-0.3, -0.25) is 0 Å². The van der Waals surface area contributed by atoms with Crippen LogP contribution in [0.4, 0.5) is 18.9 Å². The Hall–Kier alpha value is -1.19. The summed E-state index contributed by atoms with van der Waals surface area (Å²) in [7, 11) is 0. The molecule has 106 valence electrons. The number of anilines is 1. The first-order chi connectivity index (χ1) is 9.07. The van der Waals surface area contributed by atoms with Crippen LogP contribution in [0.2, 0.25) is 0 Å². The molecule has 0 aliphatic heterocycles. The molecule has 1 aliphatic rings. The van der Waals surface area contributed by atoms with Crippen LogP contribution in [-0.2, 0) is 6.18 Å². The number of hydrogen-bond donors (Lipinski definition) is 1. The molecule has 0 spiro atoms. The fraction of sp³-hybridized carbons (Fsp3) is 0.600. The van der Waals surface area contributed by atoms with Crippen molar-refractivity contribution in [2.75, 3.05) is 11.9 Å². The molecule has 0 atom stereocenters. The van der Waals surface area contributed by atoms with E-state index < -0.39 is 11.7 Å². The van der Waals surface area contributed by atoms with E-state index in [1.807, 2.05) is 0 Å². The second-order valence-electron chi connectivity index (χ2n) is 5.26. The number of halogens is 3. The maximum atomic E-state index is 12.8. The third-order valence-corrected chi connectivity index (χ3v) is 3.81. The van der Waals surface area contributed by atoms with Gasteiger partial charge >= 0.3 is 6.18 Å². The second kappa shape index (κ2) is 6.31. The van der Waals surface area contributed by atoms with Gasteiger partial charge in [0.25, 0.3) is 0 Å². The highest BCUT2D eigenvalue weighted by atomic mass is 19.4. The normalized spacial score (nSPS) is 16.8. The summed E-state index contributed by atoms with van der Waals surface area (Å²) in [4.78, 5) is 0. The van der Waals surface area contributed by atoms with E-state index in [-0.39, 0.29) is 5.69 Å². The van der Waals surface area contributed by atoms with E-state index in [1.165, 1.54) is 37.8 Å². The lowest BCUT2D eigenvalue weighted by Gasteiger charge is -2.15. The lowest BCUT2D eigenvalue weighted by Crippen LogP contribution is -2.12. The third-order valence-electron chi connectivity index (χ3n) is 3.81. The predicted octanol–water partition coefficient (Wildman–Crippen LogP) is 5.09. The molecule has 1 aromatic rings. The van der Waals surface area contributed by atoms with Gasteiger partial charge in [-0.05, 0) is 30.9 Å². The van der Waals surface area contributed by atoms with Crippen LogP contribution in [-0.4, -0.2) is 6.54 Å². The Morgan fingerprint density at radius 3 is 2.47 bits per heavy atom. The lowest BCUT2D eigenvalue weighted by atomic mass is 10.0. The van der Waals surface area contributed by atoms with Crippen LogP contribution >= 0.6 is 0 Å². The minimum absolute atomic E-state index is 0.196. The van der Waals surface area contributed by atoms with E-state index in [9.17, 15) is 13.2 Å². The maximum Gasteiger partial charge on any atom is 0.418 e. The van der Waals surface area contributed by atoms with Crippen molar-refractivity contribution in [3.63, 3.8) is 0 Å². The molecule has 1 nitrogen and oxygen atoms in total. The van der Waals surface area contributed by atoms with Crippen molar-refractivity contribution >= 4 is 5.69 Å². The highest BCUT2D eigenvalue weighted by Crippen LogP contribution is 2.34. The van der Waals surface area contributed by atoms with Gasteiger partial charge in [0.1, 0.15) is 0 Å². The molecule has 1 aliphatic carbocycles. The molecule has 0 unspecified atom stereocenters. The van der Waals surface area contributed by atoms with Gasteiger partial charge in [0.15, 0.2) is 0 Å². The Bertz CT molecular complexity index is 395. The summed E-state index contributed by atoms with van der Waals surface area (Å²) in [5, 5.41) is 2.92. The third kappa shape index (κ3) is 4.15. The van der Waals surface area contributed by atoms with Crippen LogP contribution in [0.1, 0.15) is 44.1 Å². The summed E-state index contributed by atoms with van der Waals surface area (Å²) >= 11 is 0. The summed E-state index contributed by atoms with van der Waals surface area (Å²) in [5.74, 6) is 0.791. The van der Waals surface area contributed by atoms with Crippen LogP contribution in [0.5, 0.6) is 0 Å². The first kappa shape index (κ1) is 14.2. The van der Waals surface area contributed by atoms with E-state index in [0.717, 1.165) is 24.8 Å². The molecule has 1 saturated carbocycles. The molecule has 2 rings (SSSR count). The van der Waals surface area contributed by atoms with Gasteiger partial charge in [0.05, 0.1) is 5.56 Å². The van der Waals surface area contributed by atoms with Gasteiger partial charge in [-0.25, -0.2) is 0 Å². The van der Waals surface area contributed by atoms with Crippen molar-refractivity contribution in [2.45, 2.75) is 44.7 Å². The number of benzene rings is 1. The number of para-hydroxylation sites is 1. The van der Waals surface area contributed by atoms with Crippen molar-refractivity contribution in [2.24, 2.45) is 5.92 Å². The molecule has 1 N–H and O–H groups in total. The van der Waals surface area contributed by atoms with E-state index >= 15 is 0 Å². The largest absolute Gasteiger partial charge is 0.418 e. The van der Waals surface area contributed by atoms with Crippen molar-refractivity contribution in [1.29, 1.82) is 0 Å². The van der Waals surface area contributed by atoms with Crippen molar-refractivity contribution < 1.29 is 13.2 Å². The van der Waals surface area contributed by atoms with Gasteiger partial charge < -0.3 is 5.32 Å². The second-order valence-corrected chi connectivity index (χ2v) is 5.26. The zero-order valence-corrected chi connectivity index (χ0v) is 11.0. The van der Waals surface area contributed by atoms with E-state index in [0.29, 0.717) is 6.54 Å². The quantitative estimate of drug-likeness (QED) is 0.736. The maximum absolute atomic E-state index is 12.8. The molecule has 19 heavy (non-hydrogen) atoms. The summed E-state index contributed by atoms with van der Waals surface area (Å²) in [6, 6.07) is 5.68. The van der Waals surface area contributed by atoms with Crippen LogP contribution in [0.15, 0.2) is 24.3 Å². The molecule has 0 amide bonds. The summed E-state index contributed by atoms with van der Waals surface area (Å²) in [5.41, 5.74) is -0.378. The molecular formula is C15H20F3N. The summed E-state index contributed by atoms with van der Waals surface area (Å²) in [6.45, 7) is 0.615. The van der Waals surface area contributed by atoms with Crippen LogP contribution in [0, 0.1) is 5.92 Å². The molecule has 0 heterocycles. The van der Waals surface area contributed by atoms with Gasteiger partial charge in [-0.15, -0.1) is 0 Å². The molecule has 0 saturated heterocycles. The minimum atomic E-state index is -4.28. The molecule has 0 radical (unpaired) electrons. The first-order valence-corrected chi connectivity index (χ1v) is 6.97. The molecule has 1 aromatic carbocycles. The topological polar surface area (TPSA) is 12.0 Å². The number of nitrogens with one attached hydrogen (secondary N) is 1. The Kier molecular flexibility index (Phi) is 4.72. The van der Waals surface area contributed by atoms with E-state index in [2.05, 4.69) is 5.32 Å². The van der Waals surface area contributed by atoms with Crippen molar-refractivity contribution in [1.82, 2.24) is 0 Å². The minimum Gasteiger partial charge on any atom is -0.385 e. The van der Waals surface area contributed by atoms with Crippen LogP contribution in [0.25, 0.3) is 0 Å². The fourth-order valence-electron chi connectivity index (χ4n) is 2.80. The Morgan fingerprint density at radius 2 is 1.79 bits per heavy atom. The molecule has 4 heteroatoms. The zero-order valence-electron chi connectivity index (χ0n) is 11.0. The van der Waals surface area contributed by atoms with Crippen LogP contribution in [0.3, 0.4) is 0 Å². The fourth-order valence-corrected chi connectivity index (χ4v) is 2.80. The van der Waals surface area contributed by atoms with E-state index in [4.69, 9.17) is 0 Å². The monoisotopic (exact) mass is 271 g/mol. The summed E-state index contributed by atoms with van der Waals surface area (Å²) in [6.07, 6.45) is 3.00. The average Bonchev–Trinajstić information content (AvgIpc) is 2.87. The summed E-state index contributed by atoms with van der Waals surface area (Å²) < 4.78 is 38.3. The highest BCUT2D eigenvalue weighted by molar-refractivity contribution is 5.52. The highest BCUT2D eigenvalue weighted by Gasteiger charge is 2.32. The standard InChI is InChI=1S/C15H20F3N/c16-15(17,18)13-9-3-4-10-14(13)19-11-5-8-12-6-1-2-7-12/h3-4,9-10,12,19H,1-2,5-8,11H2. The van der Waals surface area contributed by atoms with Gasteiger partial charge in [0, 0.05) is 12.2 Å². The van der Waals surface area contributed by atoms with Crippen LogP contribution < -0.4 is 5.32 Å². The van der Waals surface area contributed by atoms with Crippen molar-refractivity contribution in [3.05, 3.63) is 29.8 Å². The number of rotatable bonds is 5. The van der Waals surface area contributed by atoms with E-state index in [1.54, 1.807) is 6.07 Å². The van der Waals surface area contributed by atoms with Gasteiger partial charge in [-0.1, -0.05) is 37.8 Å². The van der Waals surface area contributed by atoms with Crippen molar-refractivity contribution in [3.8, 4) is 0 Å². The SMILES string of the molecule is FC(F)(F)c1ccccc1NCCCC1CCCC1. The molecular weight excluding hydrogens is 251 g/mol. The Balaban J connectivity index is 1.82. The average molecular weight is 271 g/mol. The Morgan fingerprint density at radius 1 is 1.11 bits per heavy atom. The number of hydrogen-bond acceptors (Lipinski definition) is 1. The molecule has 1 fully saturated rings. The first-order valence-electron chi connectivity index (χ1n) is 6.97. The van der Waals surface area contributed by atoms with Gasteiger partial charge in [0.2, 0.25) is 0 Å². The zero-order chi connectivity index (χ0) is 13.7. The molecule has 0 bridgehead atoms. The Labute approximate surface area is 112 Å². The lowest BCUT2D eigenvalue weighted by molar-refractivity contribution is -0.136.